The number of benzene rings is 1. The van der Waals surface area contributed by atoms with Crippen LogP contribution in [0.4, 0.5) is 10.6 Å². The molecule has 1 N–H and O–H groups in total. The molecule has 0 aliphatic heterocycles. The van der Waals surface area contributed by atoms with Gasteiger partial charge in [-0.05, 0) is 70.2 Å². The van der Waals surface area contributed by atoms with Crippen molar-refractivity contribution in [1.82, 2.24) is 10.3 Å². The summed E-state index contributed by atoms with van der Waals surface area (Å²) in [5.41, 5.74) is 0.0457. The Morgan fingerprint density at radius 3 is 2.27 bits per heavy atom. The summed E-state index contributed by atoms with van der Waals surface area (Å²) in [6, 6.07) is 12.8. The second kappa shape index (κ2) is 15.2. The van der Waals surface area contributed by atoms with Crippen molar-refractivity contribution in [3.63, 3.8) is 0 Å². The second-order valence-corrected chi connectivity index (χ2v) is 13.3. The van der Waals surface area contributed by atoms with Gasteiger partial charge in [0.2, 0.25) is 10.0 Å². The summed E-state index contributed by atoms with van der Waals surface area (Å²) in [5.74, 6) is -0.510. The fourth-order valence-corrected chi connectivity index (χ4v) is 4.99. The van der Waals surface area contributed by atoms with Crippen LogP contribution in [0.5, 0.6) is 0 Å². The molecule has 1 unspecified atom stereocenters. The van der Waals surface area contributed by atoms with Crippen molar-refractivity contribution in [2.45, 2.75) is 85.0 Å². The van der Waals surface area contributed by atoms with Gasteiger partial charge in [-0.15, -0.1) is 0 Å². The molecule has 228 valence electrons. The highest BCUT2D eigenvalue weighted by Gasteiger charge is 2.30. The predicted octanol–water partition coefficient (Wildman–Crippen LogP) is 5.26. The number of rotatable bonds is 15. The number of sulfonamides is 1. The van der Waals surface area contributed by atoms with Crippen LogP contribution in [0, 0.1) is 0 Å². The first-order chi connectivity index (χ1) is 19.2. The van der Waals surface area contributed by atoms with Gasteiger partial charge in [0.15, 0.2) is 5.69 Å². The molecule has 1 atom stereocenters. The molecule has 1 aromatic heterocycles. The van der Waals surface area contributed by atoms with Crippen molar-refractivity contribution in [3.05, 3.63) is 59.3 Å². The van der Waals surface area contributed by atoms with Gasteiger partial charge in [0.25, 0.3) is 0 Å². The van der Waals surface area contributed by atoms with Gasteiger partial charge in [0, 0.05) is 6.54 Å². The molecule has 0 saturated carbocycles. The number of carbonyl (C=O) groups is 2. The number of amides is 1. The highest BCUT2D eigenvalue weighted by atomic mass is 32.2. The lowest BCUT2D eigenvalue weighted by Crippen LogP contribution is -2.52. The first kappa shape index (κ1) is 34.0. The third kappa shape index (κ3) is 12.1. The average molecular weight is 592 g/mol. The topological polar surface area (TPSA) is 124 Å². The number of nitrogens with zero attached hydrogens (tertiary/aromatic N) is 2. The first-order valence-electron chi connectivity index (χ1n) is 13.9. The van der Waals surface area contributed by atoms with Gasteiger partial charge >= 0.3 is 12.1 Å². The molecule has 41 heavy (non-hydrogen) atoms. The van der Waals surface area contributed by atoms with Gasteiger partial charge in [-0.2, -0.15) is 0 Å². The van der Waals surface area contributed by atoms with Crippen molar-refractivity contribution in [2.24, 2.45) is 0 Å². The maximum absolute atomic E-state index is 12.8. The van der Waals surface area contributed by atoms with Gasteiger partial charge in [-0.25, -0.2) is 23.0 Å². The minimum Gasteiger partial charge on any atom is -0.461 e. The van der Waals surface area contributed by atoms with Crippen LogP contribution in [-0.2, 0) is 37.3 Å². The van der Waals surface area contributed by atoms with E-state index in [9.17, 15) is 18.0 Å². The van der Waals surface area contributed by atoms with Crippen LogP contribution in [0.25, 0.3) is 0 Å². The lowest BCUT2D eigenvalue weighted by molar-refractivity contribution is 0.0285. The molecule has 11 heteroatoms. The van der Waals surface area contributed by atoms with Crippen LogP contribution in [0.15, 0.2) is 42.5 Å². The minimum atomic E-state index is -3.65. The van der Waals surface area contributed by atoms with Crippen LogP contribution in [-0.4, -0.2) is 62.6 Å². The lowest BCUT2D eigenvalue weighted by atomic mass is 9.93. The Hall–Kier alpha value is -3.18. The number of pyridine rings is 1. The molecule has 0 bridgehead atoms. The van der Waals surface area contributed by atoms with E-state index < -0.39 is 33.2 Å². The van der Waals surface area contributed by atoms with Crippen molar-refractivity contribution in [2.75, 3.05) is 30.3 Å². The molecule has 1 heterocycles. The van der Waals surface area contributed by atoms with E-state index in [-0.39, 0.29) is 37.9 Å². The number of ether oxygens (including phenoxy) is 3. The lowest BCUT2D eigenvalue weighted by Gasteiger charge is -2.32. The fourth-order valence-electron chi connectivity index (χ4n) is 4.05. The number of carbonyl (C=O) groups excluding carboxylic acids is 2. The Balaban J connectivity index is 2.33. The maximum Gasteiger partial charge on any atom is 0.408 e. The first-order valence-corrected chi connectivity index (χ1v) is 15.8. The van der Waals surface area contributed by atoms with Crippen molar-refractivity contribution < 1.29 is 32.2 Å². The number of unbranched alkanes of at least 4 members (excludes halogenated alkanes) is 1. The number of anilines is 1. The third-order valence-corrected chi connectivity index (χ3v) is 6.99. The summed E-state index contributed by atoms with van der Waals surface area (Å²) in [5, 5.41) is 2.95. The standard InChI is InChI=1S/C30H45N3O7S/c1-8-10-17-39-27(34)25-18-24(19-26(31-25)33(16-9-2)41(7,36)37)21-38-22-30(6,20-23-14-12-11-13-15-23)32-28(35)40-29(3,4)5/h11-15,18-19H,8-10,16-17,20-22H2,1-7H3,(H,32,35). The van der Waals surface area contributed by atoms with E-state index in [0.717, 1.165) is 18.2 Å². The van der Waals surface area contributed by atoms with E-state index in [2.05, 4.69) is 10.3 Å². The predicted molar refractivity (Wildman–Crippen MR) is 159 cm³/mol. The van der Waals surface area contributed by atoms with Crippen LogP contribution in [0.3, 0.4) is 0 Å². The Bertz CT molecular complexity index is 1250. The van der Waals surface area contributed by atoms with E-state index >= 15 is 0 Å². The molecule has 10 nitrogen and oxygen atoms in total. The quantitative estimate of drug-likeness (QED) is 0.220. The average Bonchev–Trinajstić information content (AvgIpc) is 2.85. The molecule has 0 spiro atoms. The number of aromatic nitrogens is 1. The zero-order chi connectivity index (χ0) is 30.7. The smallest absolute Gasteiger partial charge is 0.408 e. The Morgan fingerprint density at radius 1 is 1.00 bits per heavy atom. The van der Waals surface area contributed by atoms with Crippen molar-refractivity contribution >= 4 is 27.9 Å². The molecule has 2 rings (SSSR count). The normalized spacial score (nSPS) is 13.2. The SMILES string of the molecule is CCCCOC(=O)c1cc(COCC(C)(Cc2ccccc2)NC(=O)OC(C)(C)C)cc(N(CCC)S(C)(=O)=O)n1. The third-order valence-electron chi connectivity index (χ3n) is 5.82. The van der Waals surface area contributed by atoms with Gasteiger partial charge in [-0.1, -0.05) is 50.6 Å². The van der Waals surface area contributed by atoms with E-state index in [1.807, 2.05) is 51.1 Å². The molecular weight excluding hydrogens is 546 g/mol. The summed E-state index contributed by atoms with van der Waals surface area (Å²) in [7, 11) is -3.65. The van der Waals surface area contributed by atoms with E-state index in [4.69, 9.17) is 14.2 Å². The summed E-state index contributed by atoms with van der Waals surface area (Å²) >= 11 is 0. The second-order valence-electron chi connectivity index (χ2n) is 11.4. The van der Waals surface area contributed by atoms with E-state index in [1.54, 1.807) is 32.9 Å². The molecule has 0 radical (unpaired) electrons. The van der Waals surface area contributed by atoms with Crippen LogP contribution >= 0.6 is 0 Å². The molecule has 1 aromatic carbocycles. The molecule has 0 saturated heterocycles. The fraction of sp³-hybridized carbons (Fsp3) is 0.567. The summed E-state index contributed by atoms with van der Waals surface area (Å²) < 4.78 is 43.1. The van der Waals surface area contributed by atoms with Gasteiger partial charge in [-0.3, -0.25) is 4.31 Å². The number of esters is 1. The van der Waals surface area contributed by atoms with Crippen molar-refractivity contribution in [3.8, 4) is 0 Å². The molecule has 0 aliphatic rings. The monoisotopic (exact) mass is 591 g/mol. The molecule has 2 aromatic rings. The van der Waals surface area contributed by atoms with E-state index in [1.165, 1.54) is 4.31 Å². The molecule has 0 fully saturated rings. The van der Waals surface area contributed by atoms with E-state index in [0.29, 0.717) is 24.8 Å². The summed E-state index contributed by atoms with van der Waals surface area (Å²) in [6.45, 7) is 11.7. The summed E-state index contributed by atoms with van der Waals surface area (Å²) in [6.07, 6.45) is 3.13. The van der Waals surface area contributed by atoms with Crippen LogP contribution in [0.1, 0.15) is 82.4 Å². The van der Waals surface area contributed by atoms with Gasteiger partial charge in [0.05, 0.1) is 31.6 Å². The van der Waals surface area contributed by atoms with Gasteiger partial charge in [0.1, 0.15) is 11.4 Å². The minimum absolute atomic E-state index is 0.000818. The number of hydrogen-bond acceptors (Lipinski definition) is 8. The van der Waals surface area contributed by atoms with Gasteiger partial charge < -0.3 is 19.5 Å². The van der Waals surface area contributed by atoms with Crippen molar-refractivity contribution in [1.29, 1.82) is 0 Å². The molecule has 0 aliphatic carbocycles. The molecule has 1 amide bonds. The number of alkyl carbamates (subject to hydrolysis) is 1. The Labute approximate surface area is 244 Å². The van der Waals surface area contributed by atoms with Crippen LogP contribution < -0.4 is 9.62 Å². The van der Waals surface area contributed by atoms with Crippen LogP contribution in [0.2, 0.25) is 0 Å². The number of nitrogens with one attached hydrogen (secondary N) is 1. The number of hydrogen-bond donors (Lipinski definition) is 1. The highest BCUT2D eigenvalue weighted by Crippen LogP contribution is 2.22. The zero-order valence-electron chi connectivity index (χ0n) is 25.4. The largest absolute Gasteiger partial charge is 0.461 e. The Morgan fingerprint density at radius 2 is 1.68 bits per heavy atom. The summed E-state index contributed by atoms with van der Waals surface area (Å²) in [4.78, 5) is 29.8. The maximum atomic E-state index is 12.8. The highest BCUT2D eigenvalue weighted by molar-refractivity contribution is 7.92. The Kier molecular flexibility index (Phi) is 12.6. The zero-order valence-corrected chi connectivity index (χ0v) is 26.2. The molecular formula is C30H45N3O7S.